The van der Waals surface area contributed by atoms with Crippen LogP contribution in [0.3, 0.4) is 0 Å². The van der Waals surface area contributed by atoms with E-state index in [-0.39, 0.29) is 0 Å². The minimum absolute atomic E-state index is 0.688. The van der Waals surface area contributed by atoms with Gasteiger partial charge in [-0.05, 0) is 47.2 Å². The Kier molecular flexibility index (Phi) is 3.64. The largest absolute Gasteiger partial charge is 0.385 e. The summed E-state index contributed by atoms with van der Waals surface area (Å²) in [6.45, 7) is 2.87. The lowest BCUT2D eigenvalue weighted by atomic mass is 10.1. The van der Waals surface area contributed by atoms with E-state index in [1.807, 2.05) is 0 Å². The lowest BCUT2D eigenvalue weighted by Crippen LogP contribution is -2.13. The Morgan fingerprint density at radius 2 is 2.43 bits per heavy atom. The van der Waals surface area contributed by atoms with Gasteiger partial charge in [-0.1, -0.05) is 6.07 Å². The monoisotopic (exact) mass is 303 g/mol. The predicted octanol–water partition coefficient (Wildman–Crippen LogP) is 2.74. The van der Waals surface area contributed by atoms with Gasteiger partial charge in [0.15, 0.2) is 0 Å². The highest BCUT2D eigenvalue weighted by Gasteiger charge is 2.14. The van der Waals surface area contributed by atoms with Crippen molar-refractivity contribution in [3.8, 4) is 0 Å². The molecule has 1 saturated heterocycles. The summed E-state index contributed by atoms with van der Waals surface area (Å²) < 4.78 is 6.60. The third kappa shape index (κ3) is 2.85. The second-order valence-electron chi connectivity index (χ2n) is 3.62. The molecule has 1 heterocycles. The van der Waals surface area contributed by atoms with Gasteiger partial charge >= 0.3 is 0 Å². The van der Waals surface area contributed by atoms with Gasteiger partial charge in [-0.25, -0.2) is 0 Å². The van der Waals surface area contributed by atoms with Crippen molar-refractivity contribution in [3.05, 3.63) is 27.8 Å². The average molecular weight is 303 g/mol. The summed E-state index contributed by atoms with van der Waals surface area (Å²) in [5.41, 5.74) is 1.21. The lowest BCUT2D eigenvalue weighted by molar-refractivity contribution is 0.187. The van der Waals surface area contributed by atoms with Crippen LogP contribution in [0.4, 0.5) is 5.69 Å². The third-order valence-electron chi connectivity index (χ3n) is 2.44. The first kappa shape index (κ1) is 10.2. The number of hydrogen-bond acceptors (Lipinski definition) is 2. The first-order valence-corrected chi connectivity index (χ1v) is 5.99. The molecule has 1 fully saturated rings. The molecular formula is C11H14INO. The van der Waals surface area contributed by atoms with Crippen molar-refractivity contribution in [3.63, 3.8) is 0 Å². The van der Waals surface area contributed by atoms with Crippen LogP contribution in [-0.4, -0.2) is 19.8 Å². The zero-order chi connectivity index (χ0) is 9.80. The van der Waals surface area contributed by atoms with Crippen LogP contribution < -0.4 is 5.32 Å². The Bertz CT molecular complexity index is 297. The van der Waals surface area contributed by atoms with Gasteiger partial charge in [-0.2, -0.15) is 0 Å². The van der Waals surface area contributed by atoms with Crippen molar-refractivity contribution < 1.29 is 4.74 Å². The van der Waals surface area contributed by atoms with Crippen LogP contribution in [0.2, 0.25) is 0 Å². The Balaban J connectivity index is 1.85. The van der Waals surface area contributed by atoms with Gasteiger partial charge in [0.1, 0.15) is 0 Å². The number of anilines is 1. The Labute approximate surface area is 98.2 Å². The zero-order valence-corrected chi connectivity index (χ0v) is 10.2. The van der Waals surface area contributed by atoms with E-state index < -0.39 is 0 Å². The van der Waals surface area contributed by atoms with Crippen LogP contribution in [0.25, 0.3) is 0 Å². The molecule has 0 aromatic heterocycles. The maximum atomic E-state index is 5.33. The maximum absolute atomic E-state index is 5.33. The highest BCUT2D eigenvalue weighted by molar-refractivity contribution is 14.1. The van der Waals surface area contributed by atoms with E-state index in [4.69, 9.17) is 4.74 Å². The lowest BCUT2D eigenvalue weighted by Gasteiger charge is -2.10. The molecule has 0 bridgehead atoms. The zero-order valence-electron chi connectivity index (χ0n) is 8.00. The minimum atomic E-state index is 0.688. The van der Waals surface area contributed by atoms with Crippen LogP contribution in [0, 0.1) is 9.49 Å². The average Bonchev–Trinajstić information content (AvgIpc) is 2.67. The number of halogens is 1. The highest BCUT2D eigenvalue weighted by Crippen LogP contribution is 2.16. The predicted molar refractivity (Wildman–Crippen MR) is 66.6 cm³/mol. The molecule has 0 spiro atoms. The standard InChI is InChI=1S/C11H14INO/c12-10-2-1-3-11(6-10)13-7-9-4-5-14-8-9/h1-3,6,9,13H,4-5,7-8H2. The van der Waals surface area contributed by atoms with Crippen molar-refractivity contribution in [2.45, 2.75) is 6.42 Å². The van der Waals surface area contributed by atoms with Gasteiger partial charge in [0.05, 0.1) is 6.61 Å². The Morgan fingerprint density at radius 3 is 3.14 bits per heavy atom. The molecule has 0 saturated carbocycles. The summed E-state index contributed by atoms with van der Waals surface area (Å²) in [6, 6.07) is 8.45. The van der Waals surface area contributed by atoms with E-state index in [1.54, 1.807) is 0 Å². The highest BCUT2D eigenvalue weighted by atomic mass is 127. The maximum Gasteiger partial charge on any atom is 0.0511 e. The molecule has 76 valence electrons. The van der Waals surface area contributed by atoms with Crippen molar-refractivity contribution in [2.24, 2.45) is 5.92 Å². The van der Waals surface area contributed by atoms with E-state index in [1.165, 1.54) is 15.7 Å². The van der Waals surface area contributed by atoms with Crippen molar-refractivity contribution >= 4 is 28.3 Å². The van der Waals surface area contributed by atoms with Crippen LogP contribution in [0.1, 0.15) is 6.42 Å². The summed E-state index contributed by atoms with van der Waals surface area (Å²) in [5.74, 6) is 0.688. The number of hydrogen-bond donors (Lipinski definition) is 1. The Morgan fingerprint density at radius 1 is 1.50 bits per heavy atom. The fourth-order valence-corrected chi connectivity index (χ4v) is 2.15. The van der Waals surface area contributed by atoms with E-state index in [0.29, 0.717) is 5.92 Å². The van der Waals surface area contributed by atoms with Crippen LogP contribution in [0.15, 0.2) is 24.3 Å². The first-order chi connectivity index (χ1) is 6.84. The molecule has 0 aliphatic carbocycles. The van der Waals surface area contributed by atoms with Gasteiger partial charge in [0.2, 0.25) is 0 Å². The molecule has 2 nitrogen and oxygen atoms in total. The van der Waals surface area contributed by atoms with Gasteiger partial charge in [-0.3, -0.25) is 0 Å². The molecule has 2 rings (SSSR count). The molecule has 3 heteroatoms. The van der Waals surface area contributed by atoms with Gasteiger partial charge in [-0.15, -0.1) is 0 Å². The molecule has 1 aliphatic rings. The van der Waals surface area contributed by atoms with Gasteiger partial charge in [0, 0.05) is 28.3 Å². The summed E-state index contributed by atoms with van der Waals surface area (Å²) in [7, 11) is 0. The molecule has 1 unspecified atom stereocenters. The molecular weight excluding hydrogens is 289 g/mol. The smallest absolute Gasteiger partial charge is 0.0511 e. The van der Waals surface area contributed by atoms with E-state index in [0.717, 1.165) is 19.8 Å². The molecule has 14 heavy (non-hydrogen) atoms. The summed E-state index contributed by atoms with van der Waals surface area (Å²) >= 11 is 2.33. The molecule has 1 aromatic rings. The van der Waals surface area contributed by atoms with E-state index in [2.05, 4.69) is 52.2 Å². The van der Waals surface area contributed by atoms with Crippen molar-refractivity contribution in [2.75, 3.05) is 25.1 Å². The van der Waals surface area contributed by atoms with E-state index >= 15 is 0 Å². The topological polar surface area (TPSA) is 21.3 Å². The van der Waals surface area contributed by atoms with E-state index in [9.17, 15) is 0 Å². The normalized spacial score (nSPS) is 21.1. The van der Waals surface area contributed by atoms with Gasteiger partial charge in [0.25, 0.3) is 0 Å². The molecule has 1 atom stereocenters. The van der Waals surface area contributed by atoms with Gasteiger partial charge < -0.3 is 10.1 Å². The van der Waals surface area contributed by atoms with Crippen LogP contribution in [0.5, 0.6) is 0 Å². The number of rotatable bonds is 3. The SMILES string of the molecule is Ic1cccc(NCC2CCOC2)c1. The summed E-state index contributed by atoms with van der Waals surface area (Å²) in [5, 5.41) is 3.44. The molecule has 1 aromatic carbocycles. The summed E-state index contributed by atoms with van der Waals surface area (Å²) in [6.07, 6.45) is 1.19. The minimum Gasteiger partial charge on any atom is -0.385 e. The quantitative estimate of drug-likeness (QED) is 0.867. The number of benzene rings is 1. The van der Waals surface area contributed by atoms with Crippen LogP contribution >= 0.6 is 22.6 Å². The van der Waals surface area contributed by atoms with Crippen molar-refractivity contribution in [1.82, 2.24) is 0 Å². The fraction of sp³-hybridized carbons (Fsp3) is 0.455. The summed E-state index contributed by atoms with van der Waals surface area (Å²) in [4.78, 5) is 0. The molecule has 0 radical (unpaired) electrons. The van der Waals surface area contributed by atoms with Crippen LogP contribution in [-0.2, 0) is 4.74 Å². The first-order valence-electron chi connectivity index (χ1n) is 4.92. The second-order valence-corrected chi connectivity index (χ2v) is 4.87. The fourth-order valence-electron chi connectivity index (χ4n) is 1.60. The van der Waals surface area contributed by atoms with Crippen molar-refractivity contribution in [1.29, 1.82) is 0 Å². The molecule has 0 amide bonds. The number of nitrogens with one attached hydrogen (secondary N) is 1. The molecule has 1 aliphatic heterocycles. The molecule has 1 N–H and O–H groups in total. The Hall–Kier alpha value is -0.290. The third-order valence-corrected chi connectivity index (χ3v) is 3.11. The second kappa shape index (κ2) is 4.98. The number of ether oxygens (including phenoxy) is 1.